The van der Waals surface area contributed by atoms with Crippen LogP contribution in [0, 0.1) is 0 Å². The maximum atomic E-state index is 2.12. The quantitative estimate of drug-likeness (QED) is 0.408. The summed E-state index contributed by atoms with van der Waals surface area (Å²) in [5.41, 5.74) is 0. The number of quaternary nitrogens is 1. The zero-order valence-electron chi connectivity index (χ0n) is 5.94. The van der Waals surface area contributed by atoms with Gasteiger partial charge in [0, 0.05) is 0 Å². The van der Waals surface area contributed by atoms with Crippen LogP contribution in [0.5, 0.6) is 0 Å². The predicted molar refractivity (Wildman–Crippen MR) is 36.2 cm³/mol. The number of halogens is 2. The van der Waals surface area contributed by atoms with Gasteiger partial charge in [-0.15, -0.1) is 12.4 Å². The van der Waals surface area contributed by atoms with Crippen molar-refractivity contribution >= 4 is 12.4 Å². The summed E-state index contributed by atoms with van der Waals surface area (Å²) in [6.45, 7) is 0. The summed E-state index contributed by atoms with van der Waals surface area (Å²) in [6, 6.07) is 0. The van der Waals surface area contributed by atoms with Gasteiger partial charge in [-0.05, 0) is 0 Å². The van der Waals surface area contributed by atoms with Crippen molar-refractivity contribution in [3.8, 4) is 0 Å². The maximum Gasteiger partial charge on any atom is 0.0675 e. The van der Waals surface area contributed by atoms with Crippen LogP contribution in [0.3, 0.4) is 0 Å². The Labute approximate surface area is 64.2 Å². The first kappa shape index (κ1) is 23.6. The van der Waals surface area contributed by atoms with Gasteiger partial charge in [-0.3, -0.25) is 0 Å². The molecule has 0 radical (unpaired) electrons. The molecule has 0 aromatic carbocycles. The average molecular weight is 163 g/mol. The van der Waals surface area contributed by atoms with Gasteiger partial charge >= 0.3 is 0 Å². The van der Waals surface area contributed by atoms with Gasteiger partial charge in [0.15, 0.2) is 0 Å². The van der Waals surface area contributed by atoms with Gasteiger partial charge in [-0.1, -0.05) is 0 Å². The molecule has 0 fully saturated rings. The van der Waals surface area contributed by atoms with Crippen LogP contribution in [0.25, 0.3) is 0 Å². The van der Waals surface area contributed by atoms with E-state index >= 15 is 0 Å². The number of hydrogen-bond donors (Lipinski definition) is 1. The summed E-state index contributed by atoms with van der Waals surface area (Å²) in [6.07, 6.45) is 0. The van der Waals surface area contributed by atoms with Crippen LogP contribution >= 0.6 is 12.4 Å². The maximum absolute atomic E-state index is 2.12. The summed E-state index contributed by atoms with van der Waals surface area (Å²) in [5, 5.41) is 0. The lowest BCUT2D eigenvalue weighted by Crippen LogP contribution is -3.00. The van der Waals surface area contributed by atoms with Crippen molar-refractivity contribution in [1.82, 2.24) is 6.15 Å². The summed E-state index contributed by atoms with van der Waals surface area (Å²) in [7, 11) is 8.50. The molecule has 2 nitrogen and oxygen atoms in total. The van der Waals surface area contributed by atoms with Crippen molar-refractivity contribution in [1.29, 1.82) is 0 Å². The molecule has 0 saturated carbocycles. The smallest absolute Gasteiger partial charge is 0.0675 e. The largest absolute Gasteiger partial charge is 1.00 e. The zero-order chi connectivity index (χ0) is 4.50. The van der Waals surface area contributed by atoms with Gasteiger partial charge in [-0.2, -0.15) is 0 Å². The second kappa shape index (κ2) is 7.50. The third-order valence-corrected chi connectivity index (χ3v) is 0. The molecular formula is C4H16Cl2N2. The van der Waals surface area contributed by atoms with E-state index in [1.54, 1.807) is 0 Å². The van der Waals surface area contributed by atoms with Crippen LogP contribution in [0.4, 0.5) is 0 Å². The molecule has 0 rings (SSSR count). The van der Waals surface area contributed by atoms with Crippen LogP contribution < -0.4 is 18.6 Å². The fourth-order valence-corrected chi connectivity index (χ4v) is 0. The van der Waals surface area contributed by atoms with Gasteiger partial charge < -0.3 is 23.0 Å². The van der Waals surface area contributed by atoms with Crippen LogP contribution in [0.1, 0.15) is 0 Å². The SMILES string of the molecule is C[N+](C)(C)C.Cl.N.[Cl-]. The summed E-state index contributed by atoms with van der Waals surface area (Å²) in [4.78, 5) is 0. The first-order chi connectivity index (χ1) is 2.00. The molecule has 4 heteroatoms. The number of nitrogens with zero attached hydrogens (tertiary/aromatic N) is 1. The second-order valence-electron chi connectivity index (χ2n) is 2.68. The topological polar surface area (TPSA) is 35.0 Å². The standard InChI is InChI=1S/C4H12N.2ClH.H3N/c1-5(2,3)4;;;/h1-4H3;2*1H;1H3/q+1;;;/p-1. The lowest BCUT2D eigenvalue weighted by atomic mass is 10.8. The highest BCUT2D eigenvalue weighted by Gasteiger charge is 1.88. The van der Waals surface area contributed by atoms with Crippen molar-refractivity contribution in [2.24, 2.45) is 0 Å². The number of hydrogen-bond acceptors (Lipinski definition) is 1. The minimum Gasteiger partial charge on any atom is -1.00 e. The first-order valence-electron chi connectivity index (χ1n) is 1.79. The van der Waals surface area contributed by atoms with E-state index in [1.165, 1.54) is 0 Å². The van der Waals surface area contributed by atoms with E-state index in [2.05, 4.69) is 28.2 Å². The summed E-state index contributed by atoms with van der Waals surface area (Å²) in [5.74, 6) is 0. The van der Waals surface area contributed by atoms with E-state index in [1.807, 2.05) is 0 Å². The second-order valence-corrected chi connectivity index (χ2v) is 2.68. The Morgan fingerprint density at radius 2 is 0.875 bits per heavy atom. The Morgan fingerprint density at radius 1 is 0.875 bits per heavy atom. The van der Waals surface area contributed by atoms with E-state index < -0.39 is 0 Å². The van der Waals surface area contributed by atoms with E-state index in [-0.39, 0.29) is 31.0 Å². The van der Waals surface area contributed by atoms with Crippen molar-refractivity contribution in [3.63, 3.8) is 0 Å². The van der Waals surface area contributed by atoms with Gasteiger partial charge in [0.1, 0.15) is 0 Å². The van der Waals surface area contributed by atoms with Crippen molar-refractivity contribution in [3.05, 3.63) is 0 Å². The van der Waals surface area contributed by atoms with Crippen LogP contribution in [-0.4, -0.2) is 32.7 Å². The van der Waals surface area contributed by atoms with Crippen LogP contribution in [-0.2, 0) is 0 Å². The fourth-order valence-electron chi connectivity index (χ4n) is 0. The van der Waals surface area contributed by atoms with Gasteiger partial charge in [0.05, 0.1) is 28.2 Å². The van der Waals surface area contributed by atoms with E-state index in [0.717, 1.165) is 4.48 Å². The van der Waals surface area contributed by atoms with Crippen molar-refractivity contribution < 1.29 is 16.9 Å². The predicted octanol–water partition coefficient (Wildman–Crippen LogP) is -2.09. The lowest BCUT2D eigenvalue weighted by Gasteiger charge is -2.14. The van der Waals surface area contributed by atoms with E-state index in [4.69, 9.17) is 0 Å². The highest BCUT2D eigenvalue weighted by atomic mass is 35.5. The van der Waals surface area contributed by atoms with Gasteiger partial charge in [0.25, 0.3) is 0 Å². The van der Waals surface area contributed by atoms with Crippen LogP contribution in [0.15, 0.2) is 0 Å². The molecule has 0 spiro atoms. The molecule has 0 bridgehead atoms. The fraction of sp³-hybridized carbons (Fsp3) is 1.00. The highest BCUT2D eigenvalue weighted by molar-refractivity contribution is 5.85. The zero-order valence-corrected chi connectivity index (χ0v) is 7.51. The normalized spacial score (nSPS) is 7.50. The minimum atomic E-state index is 0. The molecule has 0 heterocycles. The third-order valence-electron chi connectivity index (χ3n) is 0. The molecule has 0 unspecified atom stereocenters. The van der Waals surface area contributed by atoms with Gasteiger partial charge in [-0.25, -0.2) is 0 Å². The first-order valence-corrected chi connectivity index (χ1v) is 1.79. The molecule has 0 aliphatic rings. The Kier molecular flexibility index (Phi) is 22.1. The number of rotatable bonds is 0. The molecule has 0 aromatic heterocycles. The molecule has 0 aliphatic carbocycles. The van der Waals surface area contributed by atoms with Crippen molar-refractivity contribution in [2.45, 2.75) is 0 Å². The van der Waals surface area contributed by atoms with Crippen molar-refractivity contribution in [2.75, 3.05) is 28.2 Å². The van der Waals surface area contributed by atoms with Crippen LogP contribution in [0.2, 0.25) is 0 Å². The lowest BCUT2D eigenvalue weighted by molar-refractivity contribution is -0.849. The molecule has 0 saturated heterocycles. The Morgan fingerprint density at radius 3 is 0.875 bits per heavy atom. The molecule has 0 atom stereocenters. The summed E-state index contributed by atoms with van der Waals surface area (Å²) < 4.78 is 1.00. The molecule has 3 N–H and O–H groups in total. The Balaban J connectivity index is -0.0000000267. The van der Waals surface area contributed by atoms with Gasteiger partial charge in [0.2, 0.25) is 0 Å². The summed E-state index contributed by atoms with van der Waals surface area (Å²) >= 11 is 0. The molecule has 0 aromatic rings. The Bertz CT molecular complexity index is 27.5. The van der Waals surface area contributed by atoms with E-state index in [9.17, 15) is 0 Å². The monoisotopic (exact) mass is 162 g/mol. The highest BCUT2D eigenvalue weighted by Crippen LogP contribution is 1.73. The van der Waals surface area contributed by atoms with E-state index in [0.29, 0.717) is 0 Å². The third kappa shape index (κ3) is 787. The average Bonchev–Trinajstić information content (AvgIpc) is 0.722. The molecule has 56 valence electrons. The molecule has 8 heavy (non-hydrogen) atoms. The molecule has 0 amide bonds. The Hall–Kier alpha value is 0.500. The molecular weight excluding hydrogens is 147 g/mol. The molecule has 0 aliphatic heterocycles. The minimum absolute atomic E-state index is 0.